The van der Waals surface area contributed by atoms with Crippen LogP contribution in [0, 0.1) is 17.8 Å². The lowest BCUT2D eigenvalue weighted by molar-refractivity contribution is -0.234. The van der Waals surface area contributed by atoms with Gasteiger partial charge >= 0.3 is 0 Å². The Hall–Kier alpha value is -0.770. The molecule has 1 fully saturated rings. The van der Waals surface area contributed by atoms with Gasteiger partial charge in [-0.2, -0.15) is 0 Å². The smallest absolute Gasteiger partial charge is 0.160 e. The van der Waals surface area contributed by atoms with Gasteiger partial charge < -0.3 is 9.47 Å². The molecule has 1 aliphatic heterocycles. The first-order chi connectivity index (χ1) is 7.11. The summed E-state index contributed by atoms with van der Waals surface area (Å²) in [6, 6.07) is 0. The highest BCUT2D eigenvalue weighted by molar-refractivity contribution is 4.83. The van der Waals surface area contributed by atoms with E-state index in [2.05, 4.69) is 30.8 Å². The minimum atomic E-state index is -0.185. The number of rotatable bonds is 3. The predicted octanol–water partition coefficient (Wildman–Crippen LogP) is 2.58. The summed E-state index contributed by atoms with van der Waals surface area (Å²) in [5, 5.41) is 3.57. The number of hydrogen-bond donors (Lipinski definition) is 0. The molecule has 5 atom stereocenters. The van der Waals surface area contributed by atoms with Gasteiger partial charge in [-0.1, -0.05) is 25.9 Å². The molecule has 0 N–H and O–H groups in total. The van der Waals surface area contributed by atoms with Crippen LogP contribution < -0.4 is 0 Å². The summed E-state index contributed by atoms with van der Waals surface area (Å²) >= 11 is 0. The lowest BCUT2D eigenvalue weighted by atomic mass is 9.79. The first kappa shape index (κ1) is 12.3. The zero-order valence-electron chi connectivity index (χ0n) is 9.75. The van der Waals surface area contributed by atoms with Crippen LogP contribution >= 0.6 is 0 Å². The van der Waals surface area contributed by atoms with Crippen molar-refractivity contribution < 1.29 is 9.47 Å². The second-order valence-electron chi connectivity index (χ2n) is 4.27. The maximum absolute atomic E-state index is 8.30. The van der Waals surface area contributed by atoms with E-state index in [1.807, 2.05) is 0 Å². The van der Waals surface area contributed by atoms with Crippen LogP contribution in [-0.4, -0.2) is 26.0 Å². The van der Waals surface area contributed by atoms with E-state index in [0.29, 0.717) is 24.3 Å². The zero-order valence-corrected chi connectivity index (χ0v) is 9.75. The molecule has 0 aromatic carbocycles. The fourth-order valence-electron chi connectivity index (χ4n) is 2.08. The van der Waals surface area contributed by atoms with Gasteiger partial charge in [0.15, 0.2) is 6.29 Å². The van der Waals surface area contributed by atoms with Gasteiger partial charge in [0, 0.05) is 17.9 Å². The molecule has 0 radical (unpaired) electrons. The van der Waals surface area contributed by atoms with E-state index >= 15 is 0 Å². The van der Waals surface area contributed by atoms with E-state index in [1.165, 1.54) is 0 Å². The van der Waals surface area contributed by atoms with Crippen molar-refractivity contribution in [1.29, 1.82) is 0 Å². The van der Waals surface area contributed by atoms with Gasteiger partial charge in [-0.05, 0) is 17.4 Å². The largest absolute Gasteiger partial charge is 0.356 e. The second kappa shape index (κ2) is 5.35. The maximum Gasteiger partial charge on any atom is 0.160 e. The zero-order chi connectivity index (χ0) is 11.4. The van der Waals surface area contributed by atoms with Crippen molar-refractivity contribution in [2.75, 3.05) is 13.7 Å². The summed E-state index contributed by atoms with van der Waals surface area (Å²) in [4.78, 5) is 2.76. The molecule has 0 bridgehead atoms. The van der Waals surface area contributed by atoms with E-state index in [-0.39, 0.29) is 12.4 Å². The van der Waals surface area contributed by atoms with Gasteiger partial charge in [-0.3, -0.25) is 0 Å². The Kier molecular flexibility index (Phi) is 4.39. The van der Waals surface area contributed by atoms with Crippen molar-refractivity contribution in [1.82, 2.24) is 0 Å². The Bertz CT molecular complexity index is 251. The van der Waals surface area contributed by atoms with Crippen LogP contribution in [0.4, 0.5) is 0 Å². The number of azide groups is 1. The fourth-order valence-corrected chi connectivity index (χ4v) is 2.08. The second-order valence-corrected chi connectivity index (χ2v) is 4.27. The van der Waals surface area contributed by atoms with Crippen LogP contribution in [0.5, 0.6) is 0 Å². The molecule has 1 heterocycles. The highest BCUT2D eigenvalue weighted by Gasteiger charge is 2.38. The van der Waals surface area contributed by atoms with Crippen molar-refractivity contribution in [3.8, 4) is 0 Å². The third-order valence-electron chi connectivity index (χ3n) is 3.54. The van der Waals surface area contributed by atoms with Crippen LogP contribution in [-0.2, 0) is 9.47 Å². The van der Waals surface area contributed by atoms with E-state index in [1.54, 1.807) is 7.11 Å². The minimum absolute atomic E-state index is 0.0305. The van der Waals surface area contributed by atoms with Gasteiger partial charge in [0.05, 0.1) is 12.6 Å². The molecule has 15 heavy (non-hydrogen) atoms. The Morgan fingerprint density at radius 2 is 1.93 bits per heavy atom. The van der Waals surface area contributed by atoms with Crippen LogP contribution in [0.25, 0.3) is 10.4 Å². The molecule has 2 unspecified atom stereocenters. The lowest BCUT2D eigenvalue weighted by Gasteiger charge is -2.42. The number of methoxy groups -OCH3 is 1. The Morgan fingerprint density at radius 3 is 2.47 bits per heavy atom. The van der Waals surface area contributed by atoms with Crippen LogP contribution in [0.2, 0.25) is 0 Å². The highest BCUT2D eigenvalue weighted by atomic mass is 16.7. The molecule has 0 amide bonds. The summed E-state index contributed by atoms with van der Waals surface area (Å²) in [5.41, 5.74) is 8.30. The third kappa shape index (κ3) is 2.62. The molecule has 0 aromatic heterocycles. The van der Waals surface area contributed by atoms with Crippen molar-refractivity contribution in [3.05, 3.63) is 10.4 Å². The molecule has 1 saturated heterocycles. The van der Waals surface area contributed by atoms with Crippen LogP contribution in [0.15, 0.2) is 5.11 Å². The Labute approximate surface area is 90.4 Å². The molecule has 86 valence electrons. The molecule has 0 saturated carbocycles. The molecule has 0 aromatic rings. The number of nitrogens with zero attached hydrogens (tertiary/aromatic N) is 3. The van der Waals surface area contributed by atoms with Gasteiger partial charge in [0.1, 0.15) is 0 Å². The molecular weight excluding hydrogens is 194 g/mol. The van der Waals surface area contributed by atoms with Crippen LogP contribution in [0.1, 0.15) is 20.8 Å². The van der Waals surface area contributed by atoms with E-state index in [0.717, 1.165) is 0 Å². The summed E-state index contributed by atoms with van der Waals surface area (Å²) in [7, 11) is 1.65. The van der Waals surface area contributed by atoms with E-state index in [9.17, 15) is 0 Å². The number of hydrogen-bond acceptors (Lipinski definition) is 3. The predicted molar refractivity (Wildman–Crippen MR) is 57.2 cm³/mol. The van der Waals surface area contributed by atoms with E-state index < -0.39 is 0 Å². The standard InChI is InChI=1S/C10H19N3O2/c1-6-7(2)9(5-12-13-11)15-10(14-4)8(6)3/h6-10H,5H2,1-4H3/t6-,7?,8-,9?,10+/m0/s1. The molecule has 5 nitrogen and oxygen atoms in total. The molecular formula is C10H19N3O2. The summed E-state index contributed by atoms with van der Waals surface area (Å²) < 4.78 is 11.0. The minimum Gasteiger partial charge on any atom is -0.356 e. The average molecular weight is 213 g/mol. The quantitative estimate of drug-likeness (QED) is 0.411. The van der Waals surface area contributed by atoms with Crippen molar-refractivity contribution in [2.45, 2.75) is 33.2 Å². The first-order valence-electron chi connectivity index (χ1n) is 5.31. The third-order valence-corrected chi connectivity index (χ3v) is 3.54. The normalized spacial score (nSPS) is 40.9. The summed E-state index contributed by atoms with van der Waals surface area (Å²) in [5.74, 6) is 1.26. The van der Waals surface area contributed by atoms with Gasteiger partial charge in [-0.25, -0.2) is 0 Å². The Balaban J connectivity index is 2.69. The molecule has 1 rings (SSSR count). The number of ether oxygens (including phenoxy) is 2. The fraction of sp³-hybridized carbons (Fsp3) is 1.00. The summed E-state index contributed by atoms with van der Waals surface area (Å²) in [6.07, 6.45) is -0.216. The highest BCUT2D eigenvalue weighted by Crippen LogP contribution is 2.35. The topological polar surface area (TPSA) is 67.2 Å². The summed E-state index contributed by atoms with van der Waals surface area (Å²) in [6.45, 7) is 6.82. The van der Waals surface area contributed by atoms with Gasteiger partial charge in [-0.15, -0.1) is 0 Å². The molecule has 1 aliphatic rings. The van der Waals surface area contributed by atoms with E-state index in [4.69, 9.17) is 15.0 Å². The van der Waals surface area contributed by atoms with Gasteiger partial charge in [0.2, 0.25) is 0 Å². The molecule has 5 heteroatoms. The molecule has 0 aliphatic carbocycles. The van der Waals surface area contributed by atoms with Crippen molar-refractivity contribution >= 4 is 0 Å². The maximum atomic E-state index is 8.30. The van der Waals surface area contributed by atoms with Crippen molar-refractivity contribution in [2.24, 2.45) is 22.9 Å². The monoisotopic (exact) mass is 213 g/mol. The van der Waals surface area contributed by atoms with Crippen LogP contribution in [0.3, 0.4) is 0 Å². The SMILES string of the molecule is CO[C@@H]1OC(CN=[N+]=[N-])C(C)[C@H](C)[C@@H]1C. The lowest BCUT2D eigenvalue weighted by Crippen LogP contribution is -2.46. The first-order valence-corrected chi connectivity index (χ1v) is 5.31. The average Bonchev–Trinajstić information content (AvgIpc) is 2.25. The van der Waals surface area contributed by atoms with Gasteiger partial charge in [0.25, 0.3) is 0 Å². The van der Waals surface area contributed by atoms with Crippen molar-refractivity contribution in [3.63, 3.8) is 0 Å². The molecule has 0 spiro atoms. The Morgan fingerprint density at radius 1 is 1.27 bits per heavy atom.